The first kappa shape index (κ1) is 49.9. The fraction of sp³-hybridized carbons (Fsp3) is 0.576. The smallest absolute Gasteiger partial charge is 0.262 e. The van der Waals surface area contributed by atoms with Crippen LogP contribution in [0.15, 0.2) is 48.8 Å². The lowest BCUT2D eigenvalue weighted by molar-refractivity contribution is -0.150. The molecule has 2 aliphatic carbocycles. The molecule has 1 spiro atoms. The normalized spacial score (nSPS) is 25.7. The van der Waals surface area contributed by atoms with Crippen molar-refractivity contribution in [1.29, 1.82) is 0 Å². The Bertz CT molecular complexity index is 3110. The molecule has 2 N–H and O–H groups in total. The second-order valence-corrected chi connectivity index (χ2v) is 24.4. The molecular formula is C59H71N11O7. The van der Waals surface area contributed by atoms with Gasteiger partial charge in [-0.25, -0.2) is 9.97 Å². The molecule has 7 aliphatic heterocycles. The number of hydrogen-bond acceptors (Lipinski definition) is 12. The molecule has 2 aromatic carbocycles. The second-order valence-electron chi connectivity index (χ2n) is 24.4. The Hall–Kier alpha value is -6.69. The number of amides is 7. The van der Waals surface area contributed by atoms with Crippen molar-refractivity contribution < 1.29 is 33.6 Å². The van der Waals surface area contributed by atoms with Crippen molar-refractivity contribution in [3.8, 4) is 11.3 Å². The number of rotatable bonds is 10. The van der Waals surface area contributed by atoms with E-state index in [0.717, 1.165) is 88.7 Å². The van der Waals surface area contributed by atoms with E-state index < -0.39 is 40.5 Å². The zero-order valence-corrected chi connectivity index (χ0v) is 44.7. The maximum Gasteiger partial charge on any atom is 0.262 e. The van der Waals surface area contributed by atoms with Crippen molar-refractivity contribution in [3.63, 3.8) is 0 Å². The van der Waals surface area contributed by atoms with Gasteiger partial charge in [-0.3, -0.25) is 43.8 Å². The van der Waals surface area contributed by atoms with E-state index in [9.17, 15) is 28.8 Å². The third-order valence-corrected chi connectivity index (χ3v) is 19.3. The van der Waals surface area contributed by atoms with Crippen molar-refractivity contribution in [2.45, 2.75) is 153 Å². The molecule has 18 nitrogen and oxygen atoms in total. The molecule has 0 bridgehead atoms. The van der Waals surface area contributed by atoms with E-state index in [1.54, 1.807) is 12.1 Å². The molecule has 7 amide bonds. The number of likely N-dealkylation sites (tertiary alicyclic amines) is 3. The van der Waals surface area contributed by atoms with Crippen molar-refractivity contribution in [2.75, 3.05) is 67.5 Å². The first-order valence-corrected chi connectivity index (χ1v) is 28.7. The van der Waals surface area contributed by atoms with Gasteiger partial charge in [0.1, 0.15) is 11.6 Å². The molecule has 1 atom stereocenters. The van der Waals surface area contributed by atoms with Crippen LogP contribution in [0.3, 0.4) is 0 Å². The monoisotopic (exact) mass is 1050 g/mol. The van der Waals surface area contributed by atoms with E-state index in [1.807, 2.05) is 22.2 Å². The van der Waals surface area contributed by atoms with Crippen molar-refractivity contribution in [1.82, 2.24) is 39.5 Å². The minimum atomic E-state index is -1.02. The number of carbonyl (C=O) groups is 7. The van der Waals surface area contributed by atoms with Gasteiger partial charge in [0, 0.05) is 98.1 Å². The molecule has 404 valence electrons. The van der Waals surface area contributed by atoms with Crippen LogP contribution in [0.25, 0.3) is 22.3 Å². The van der Waals surface area contributed by atoms with Gasteiger partial charge in [-0.2, -0.15) is 0 Å². The number of anilines is 3. The Labute approximate surface area is 449 Å². The van der Waals surface area contributed by atoms with Gasteiger partial charge in [-0.1, -0.05) is 25.5 Å². The lowest BCUT2D eigenvalue weighted by atomic mass is 9.72. The van der Waals surface area contributed by atoms with Gasteiger partial charge in [0.05, 0.1) is 34.1 Å². The largest absolute Gasteiger partial charge is 0.371 e. The van der Waals surface area contributed by atoms with E-state index in [0.29, 0.717) is 89.9 Å². The number of nitrogens with zero attached hydrogens (tertiary/aromatic N) is 9. The average Bonchev–Trinajstić information content (AvgIpc) is 4.03. The summed E-state index contributed by atoms with van der Waals surface area (Å²) >= 11 is 0. The van der Waals surface area contributed by atoms with Crippen molar-refractivity contribution in [3.05, 3.63) is 65.5 Å². The number of benzene rings is 2. The molecule has 2 aromatic heterocycles. The summed E-state index contributed by atoms with van der Waals surface area (Å²) in [4.78, 5) is 117. The summed E-state index contributed by atoms with van der Waals surface area (Å²) in [5.41, 5.74) is 5.72. The number of nitrogens with one attached hydrogen (secondary N) is 2. The molecule has 9 heterocycles. The standard InChI is InChI=1S/C59H71N11O7/c1-35(2)68-34-60-46-33-45(62-51(50(46)68)61-38-8-9-38)37-7-12-44-48(29-37)69(41-30-40(31-41)64-21-5-4-6-22-64)57(77)59(44)19-27-67(28-20-59)56(76)58(3)17-25-66(26-18-58)53(73)36-15-23-65(24-16-36)39-10-11-42-43(32-39)55(75)70(54(42)74)47-13-14-49(71)63-52(47)72/h7,10-12,29,32-36,38,40-41,47H,4-6,8-9,13-28,30-31H2,1-3H3,(H,61,62)(H,63,71,72). The summed E-state index contributed by atoms with van der Waals surface area (Å²) in [5.74, 6) is -1.04. The highest BCUT2D eigenvalue weighted by Crippen LogP contribution is 2.53. The molecular weight excluding hydrogens is 975 g/mol. The fourth-order valence-electron chi connectivity index (χ4n) is 14.3. The predicted molar refractivity (Wildman–Crippen MR) is 289 cm³/mol. The third kappa shape index (κ3) is 8.49. The van der Waals surface area contributed by atoms with E-state index in [2.05, 4.69) is 74.9 Å². The molecule has 18 heteroatoms. The van der Waals surface area contributed by atoms with Crippen LogP contribution in [0.2, 0.25) is 0 Å². The molecule has 13 rings (SSSR count). The summed E-state index contributed by atoms with van der Waals surface area (Å²) in [5, 5.41) is 5.94. The lowest BCUT2D eigenvalue weighted by Crippen LogP contribution is -2.59. The minimum Gasteiger partial charge on any atom is -0.371 e. The van der Waals surface area contributed by atoms with E-state index in [4.69, 9.17) is 9.97 Å². The highest BCUT2D eigenvalue weighted by molar-refractivity contribution is 6.24. The van der Waals surface area contributed by atoms with Crippen molar-refractivity contribution in [2.24, 2.45) is 11.3 Å². The number of fused-ring (bicyclic) bond motifs is 4. The van der Waals surface area contributed by atoms with Gasteiger partial charge in [-0.05, 0) is 146 Å². The quantitative estimate of drug-likeness (QED) is 0.166. The number of aromatic nitrogens is 3. The maximum absolute atomic E-state index is 15.3. The summed E-state index contributed by atoms with van der Waals surface area (Å²) < 4.78 is 2.19. The minimum absolute atomic E-state index is 0.0581. The van der Waals surface area contributed by atoms with Gasteiger partial charge in [0.15, 0.2) is 5.82 Å². The fourth-order valence-corrected chi connectivity index (χ4v) is 14.3. The Morgan fingerprint density at radius 1 is 0.740 bits per heavy atom. The zero-order valence-electron chi connectivity index (χ0n) is 44.7. The van der Waals surface area contributed by atoms with Crippen LogP contribution in [0, 0.1) is 11.3 Å². The van der Waals surface area contributed by atoms with Gasteiger partial charge >= 0.3 is 0 Å². The summed E-state index contributed by atoms with van der Waals surface area (Å²) in [7, 11) is 0. The molecule has 5 saturated heterocycles. The van der Waals surface area contributed by atoms with Gasteiger partial charge in [-0.15, -0.1) is 0 Å². The van der Waals surface area contributed by atoms with Gasteiger partial charge < -0.3 is 34.4 Å². The lowest BCUT2D eigenvalue weighted by Gasteiger charge is -2.48. The number of carbonyl (C=O) groups excluding carboxylic acids is 7. The van der Waals surface area contributed by atoms with Crippen LogP contribution in [-0.4, -0.2) is 152 Å². The van der Waals surface area contributed by atoms with Crippen LogP contribution in [-0.2, 0) is 29.4 Å². The van der Waals surface area contributed by atoms with E-state index in [1.165, 1.54) is 19.3 Å². The molecule has 2 saturated carbocycles. The zero-order chi connectivity index (χ0) is 53.1. The molecule has 4 aromatic rings. The molecule has 1 unspecified atom stereocenters. The molecule has 77 heavy (non-hydrogen) atoms. The summed E-state index contributed by atoms with van der Waals surface area (Å²) in [6.45, 7) is 11.9. The van der Waals surface area contributed by atoms with E-state index in [-0.39, 0.29) is 59.7 Å². The number of hydrogen-bond donors (Lipinski definition) is 2. The van der Waals surface area contributed by atoms with Crippen molar-refractivity contribution >= 4 is 69.6 Å². The summed E-state index contributed by atoms with van der Waals surface area (Å²) in [6, 6.07) is 14.0. The number of piperidine rings is 5. The first-order valence-electron chi connectivity index (χ1n) is 28.7. The molecule has 7 fully saturated rings. The number of imide groups is 2. The van der Waals surface area contributed by atoms with Gasteiger partial charge in [0.25, 0.3) is 11.8 Å². The van der Waals surface area contributed by atoms with Crippen LogP contribution >= 0.6 is 0 Å². The second kappa shape index (κ2) is 19.0. The highest BCUT2D eigenvalue weighted by Gasteiger charge is 2.57. The Kier molecular flexibility index (Phi) is 12.3. The Morgan fingerprint density at radius 3 is 2.16 bits per heavy atom. The molecule has 0 radical (unpaired) electrons. The number of pyridine rings is 1. The van der Waals surface area contributed by atoms with Crippen LogP contribution in [0.4, 0.5) is 17.2 Å². The van der Waals surface area contributed by atoms with E-state index >= 15 is 4.79 Å². The van der Waals surface area contributed by atoms with Crippen LogP contribution < -0.4 is 20.4 Å². The van der Waals surface area contributed by atoms with Crippen LogP contribution in [0.1, 0.15) is 149 Å². The number of imidazole rings is 1. The third-order valence-electron chi connectivity index (χ3n) is 19.3. The Balaban J connectivity index is 0.660. The summed E-state index contributed by atoms with van der Waals surface area (Å²) in [6.07, 6.45) is 13.6. The predicted octanol–water partition coefficient (Wildman–Crippen LogP) is 6.42. The molecule has 9 aliphatic rings. The topological polar surface area (TPSA) is 194 Å². The van der Waals surface area contributed by atoms with Gasteiger partial charge in [0.2, 0.25) is 29.5 Å². The SMILES string of the molecule is CC(C)n1cnc2cc(-c3ccc4c(c3)N(C3CC(N5CCCCC5)C3)C(=O)C43CCN(C(=O)C4(C)CCN(C(=O)C5CCN(c6ccc7c(c6)C(=O)N(C6CCC(=O)NC6=O)C7=O)CC5)CC4)CC3)nc(NC3CC3)c21. The van der Waals surface area contributed by atoms with Crippen LogP contribution in [0.5, 0.6) is 0 Å². The highest BCUT2D eigenvalue weighted by atomic mass is 16.2. The average molecular weight is 1050 g/mol. The Morgan fingerprint density at radius 2 is 1.45 bits per heavy atom. The maximum atomic E-state index is 15.3. The first-order chi connectivity index (χ1) is 37.2.